The second-order valence-corrected chi connectivity index (χ2v) is 6.86. The number of aryl methyl sites for hydroxylation is 1. The second kappa shape index (κ2) is 7.25. The molecular weight excluding hydrogens is 360 g/mol. The summed E-state index contributed by atoms with van der Waals surface area (Å²) in [5.41, 5.74) is 1.05. The van der Waals surface area contributed by atoms with Crippen molar-refractivity contribution >= 4 is 22.9 Å². The Kier molecular flexibility index (Phi) is 5.03. The van der Waals surface area contributed by atoms with Gasteiger partial charge in [0.05, 0.1) is 12.1 Å². The van der Waals surface area contributed by atoms with Crippen LogP contribution in [0.1, 0.15) is 11.8 Å². The average molecular weight is 377 g/mol. The average Bonchev–Trinajstić information content (AvgIpc) is 3.24. The zero-order valence-corrected chi connectivity index (χ0v) is 14.8. The molecule has 0 aliphatic heterocycles. The van der Waals surface area contributed by atoms with Crippen LogP contribution in [0.2, 0.25) is 0 Å². The third-order valence-electron chi connectivity index (χ3n) is 3.77. The van der Waals surface area contributed by atoms with Gasteiger partial charge in [-0.15, -0.1) is 11.3 Å². The Bertz CT molecular complexity index is 903. The van der Waals surface area contributed by atoms with E-state index in [1.165, 1.54) is 18.3 Å². The van der Waals surface area contributed by atoms with E-state index in [0.29, 0.717) is 27.7 Å². The summed E-state index contributed by atoms with van der Waals surface area (Å²) in [5, 5.41) is 12.1. The highest BCUT2D eigenvalue weighted by Gasteiger charge is 2.39. The zero-order valence-electron chi connectivity index (χ0n) is 13.9. The minimum absolute atomic E-state index is 0.116. The first-order chi connectivity index (χ1) is 12.4. The summed E-state index contributed by atoms with van der Waals surface area (Å²) < 4.78 is 30.3. The largest absolute Gasteiger partial charge is 0.508 e. The van der Waals surface area contributed by atoms with Crippen molar-refractivity contribution in [3.8, 4) is 16.3 Å². The number of phenols is 1. The monoisotopic (exact) mass is 377 g/mol. The number of benzene rings is 1. The van der Waals surface area contributed by atoms with Crippen LogP contribution in [0.25, 0.3) is 10.6 Å². The van der Waals surface area contributed by atoms with Gasteiger partial charge in [0, 0.05) is 35.6 Å². The fourth-order valence-electron chi connectivity index (χ4n) is 2.36. The van der Waals surface area contributed by atoms with E-state index in [2.05, 4.69) is 10.3 Å². The predicted molar refractivity (Wildman–Crippen MR) is 96.6 cm³/mol. The van der Waals surface area contributed by atoms with Crippen molar-refractivity contribution in [3.05, 3.63) is 53.8 Å². The van der Waals surface area contributed by atoms with E-state index in [1.54, 1.807) is 35.2 Å². The van der Waals surface area contributed by atoms with Crippen molar-refractivity contribution in [1.29, 1.82) is 0 Å². The molecule has 0 saturated carbocycles. The molecule has 3 aromatic rings. The zero-order chi connectivity index (χ0) is 18.7. The van der Waals surface area contributed by atoms with Gasteiger partial charge in [-0.25, -0.2) is 4.98 Å². The molecule has 0 aliphatic rings. The lowest BCUT2D eigenvalue weighted by molar-refractivity contribution is -0.139. The van der Waals surface area contributed by atoms with Gasteiger partial charge in [0.2, 0.25) is 0 Å². The number of halogens is 2. The Labute approximate surface area is 152 Å². The van der Waals surface area contributed by atoms with Gasteiger partial charge in [-0.3, -0.25) is 4.79 Å². The van der Waals surface area contributed by atoms with E-state index >= 15 is 0 Å². The summed E-state index contributed by atoms with van der Waals surface area (Å²) >= 11 is 1.09. The van der Waals surface area contributed by atoms with Gasteiger partial charge in [0.15, 0.2) is 0 Å². The number of hydrogen-bond acceptors (Lipinski definition) is 4. The highest BCUT2D eigenvalue weighted by Crippen LogP contribution is 2.30. The lowest BCUT2D eigenvalue weighted by Crippen LogP contribution is -2.36. The first-order valence-electron chi connectivity index (χ1n) is 7.96. The molecule has 0 unspecified atom stereocenters. The van der Waals surface area contributed by atoms with Crippen LogP contribution in [0.15, 0.2) is 48.9 Å². The fourth-order valence-corrected chi connectivity index (χ4v) is 3.33. The van der Waals surface area contributed by atoms with Crippen LogP contribution < -0.4 is 5.32 Å². The first kappa shape index (κ1) is 18.1. The minimum atomic E-state index is -3.55. The summed E-state index contributed by atoms with van der Waals surface area (Å²) in [6.45, 7) is 2.60. The summed E-state index contributed by atoms with van der Waals surface area (Å²) in [5.74, 6) is -4.77. The lowest BCUT2D eigenvalue weighted by atomic mass is 10.2. The number of nitrogens with zero attached hydrogens (tertiary/aromatic N) is 2. The van der Waals surface area contributed by atoms with E-state index in [4.69, 9.17) is 0 Å². The number of thiazole rings is 1. The quantitative estimate of drug-likeness (QED) is 0.678. The Hall–Kier alpha value is -2.74. The van der Waals surface area contributed by atoms with Crippen LogP contribution in [0.3, 0.4) is 0 Å². The van der Waals surface area contributed by atoms with Gasteiger partial charge in [-0.05, 0) is 37.3 Å². The Morgan fingerprint density at radius 1 is 1.31 bits per heavy atom. The Morgan fingerprint density at radius 2 is 2.04 bits per heavy atom. The van der Waals surface area contributed by atoms with Gasteiger partial charge >= 0.3 is 5.92 Å². The number of rotatable bonds is 6. The number of nitrogens with one attached hydrogen (secondary N) is 1. The van der Waals surface area contributed by atoms with Crippen molar-refractivity contribution in [2.75, 3.05) is 5.32 Å². The van der Waals surface area contributed by atoms with Crippen LogP contribution in [-0.4, -0.2) is 26.5 Å². The summed E-state index contributed by atoms with van der Waals surface area (Å²) in [6, 6.07) is 7.89. The normalized spacial score (nSPS) is 11.5. The maximum atomic E-state index is 14.3. The van der Waals surface area contributed by atoms with Crippen LogP contribution in [-0.2, 0) is 17.8 Å². The smallest absolute Gasteiger partial charge is 0.329 e. The molecule has 0 spiro atoms. The molecule has 2 heterocycles. The highest BCUT2D eigenvalue weighted by atomic mass is 32.1. The lowest BCUT2D eigenvalue weighted by Gasteiger charge is -2.14. The molecule has 0 atom stereocenters. The summed E-state index contributed by atoms with van der Waals surface area (Å²) in [6.07, 6.45) is 3.94. The summed E-state index contributed by atoms with van der Waals surface area (Å²) in [7, 11) is 0. The van der Waals surface area contributed by atoms with E-state index in [1.807, 2.05) is 6.92 Å². The van der Waals surface area contributed by atoms with Crippen molar-refractivity contribution in [3.63, 3.8) is 0 Å². The number of amides is 1. The van der Waals surface area contributed by atoms with Crippen molar-refractivity contribution < 1.29 is 18.7 Å². The van der Waals surface area contributed by atoms with Crippen LogP contribution in [0.5, 0.6) is 5.75 Å². The van der Waals surface area contributed by atoms with Gasteiger partial charge in [0.1, 0.15) is 10.8 Å². The number of alkyl halides is 2. The standard InChI is InChI=1S/C18H17F2N3O2S/c1-2-23-8-7-13(11-23)22-17(25)18(19,20)9-15-10-21-16(26-15)12-3-5-14(24)6-4-12/h3-8,10-11,24H,2,9H2,1H3,(H,22,25). The van der Waals surface area contributed by atoms with E-state index in [9.17, 15) is 18.7 Å². The third kappa shape index (κ3) is 4.08. The van der Waals surface area contributed by atoms with Crippen LogP contribution in [0.4, 0.5) is 14.5 Å². The molecule has 3 rings (SSSR count). The molecule has 1 amide bonds. The van der Waals surface area contributed by atoms with E-state index in [0.717, 1.165) is 11.3 Å². The first-order valence-corrected chi connectivity index (χ1v) is 8.78. The van der Waals surface area contributed by atoms with Gasteiger partial charge in [-0.1, -0.05) is 0 Å². The molecule has 2 N–H and O–H groups in total. The molecule has 8 heteroatoms. The van der Waals surface area contributed by atoms with Crippen molar-refractivity contribution in [1.82, 2.24) is 9.55 Å². The number of carbonyl (C=O) groups is 1. The molecule has 5 nitrogen and oxygen atoms in total. The van der Waals surface area contributed by atoms with Gasteiger partial charge in [-0.2, -0.15) is 8.78 Å². The molecule has 0 radical (unpaired) electrons. The molecule has 136 valence electrons. The molecule has 0 bridgehead atoms. The highest BCUT2D eigenvalue weighted by molar-refractivity contribution is 7.15. The minimum Gasteiger partial charge on any atom is -0.508 e. The molecular formula is C18H17F2N3O2S. The molecule has 26 heavy (non-hydrogen) atoms. The maximum Gasteiger partial charge on any atom is 0.329 e. The van der Waals surface area contributed by atoms with Crippen LogP contribution >= 0.6 is 11.3 Å². The topological polar surface area (TPSA) is 67.2 Å². The summed E-state index contributed by atoms with van der Waals surface area (Å²) in [4.78, 5) is 16.4. The molecule has 0 aliphatic carbocycles. The second-order valence-electron chi connectivity index (χ2n) is 5.74. The van der Waals surface area contributed by atoms with Gasteiger partial charge in [0.25, 0.3) is 5.91 Å². The molecule has 0 saturated heterocycles. The van der Waals surface area contributed by atoms with E-state index in [-0.39, 0.29) is 5.75 Å². The predicted octanol–water partition coefficient (Wildman–Crippen LogP) is 4.15. The van der Waals surface area contributed by atoms with Crippen molar-refractivity contribution in [2.45, 2.75) is 25.8 Å². The van der Waals surface area contributed by atoms with Crippen LogP contribution in [0, 0.1) is 0 Å². The number of hydrogen-bond donors (Lipinski definition) is 2. The maximum absolute atomic E-state index is 14.3. The Balaban J connectivity index is 1.68. The number of phenolic OH excluding ortho intramolecular Hbond substituents is 1. The van der Waals surface area contributed by atoms with Crippen molar-refractivity contribution in [2.24, 2.45) is 0 Å². The van der Waals surface area contributed by atoms with E-state index < -0.39 is 18.3 Å². The number of carbonyl (C=O) groups excluding carboxylic acids is 1. The molecule has 1 aromatic carbocycles. The van der Waals surface area contributed by atoms with Gasteiger partial charge < -0.3 is 15.0 Å². The molecule has 2 aromatic heterocycles. The number of anilines is 1. The third-order valence-corrected chi connectivity index (χ3v) is 4.82. The Morgan fingerprint density at radius 3 is 2.69 bits per heavy atom. The SMILES string of the molecule is CCn1ccc(NC(=O)C(F)(F)Cc2cnc(-c3ccc(O)cc3)s2)c1. The number of aromatic nitrogens is 2. The fraction of sp³-hybridized carbons (Fsp3) is 0.222. The molecule has 0 fully saturated rings. The number of aromatic hydroxyl groups is 1.